The zero-order valence-corrected chi connectivity index (χ0v) is 11.5. The van der Waals surface area contributed by atoms with Gasteiger partial charge in [0.15, 0.2) is 5.03 Å². The van der Waals surface area contributed by atoms with Crippen molar-refractivity contribution in [2.45, 2.75) is 30.8 Å². The number of sulfonamides is 1. The Morgan fingerprint density at radius 3 is 2.50 bits per heavy atom. The molecular weight excluding hydrogens is 254 g/mol. The molecule has 1 aromatic rings. The van der Waals surface area contributed by atoms with Crippen LogP contribution < -0.4 is 5.73 Å². The molecule has 0 aromatic carbocycles. The lowest BCUT2D eigenvalue weighted by molar-refractivity contribution is 0.249. The fourth-order valence-corrected chi connectivity index (χ4v) is 3.79. The van der Waals surface area contributed by atoms with Crippen molar-refractivity contribution in [3.05, 3.63) is 6.20 Å². The first-order valence-electron chi connectivity index (χ1n) is 6.03. The molecule has 1 atom stereocenters. The molecule has 2 rings (SSSR count). The topological polar surface area (TPSA) is 94.1 Å². The molecule has 1 aromatic heterocycles. The van der Waals surface area contributed by atoms with Crippen LogP contribution in [-0.2, 0) is 17.1 Å². The summed E-state index contributed by atoms with van der Waals surface area (Å²) in [7, 11) is -1.89. The summed E-state index contributed by atoms with van der Waals surface area (Å²) in [6.07, 6.45) is 2.90. The molecule has 1 saturated heterocycles. The van der Waals surface area contributed by atoms with Crippen molar-refractivity contribution in [1.29, 1.82) is 0 Å². The molecule has 1 aliphatic rings. The minimum absolute atomic E-state index is 0.119. The first kappa shape index (κ1) is 13.4. The zero-order chi connectivity index (χ0) is 13.3. The molecule has 0 bridgehead atoms. The number of nitrogens with two attached hydrogens (primary N) is 1. The first-order valence-corrected chi connectivity index (χ1v) is 7.47. The van der Waals surface area contributed by atoms with E-state index in [9.17, 15) is 8.42 Å². The number of nitrogens with zero attached hydrogens (tertiary/aromatic N) is 4. The monoisotopic (exact) mass is 273 g/mol. The first-order chi connectivity index (χ1) is 8.43. The van der Waals surface area contributed by atoms with E-state index in [2.05, 4.69) is 10.3 Å². The molecule has 0 saturated carbocycles. The highest BCUT2D eigenvalue weighted by Crippen LogP contribution is 2.24. The predicted octanol–water partition coefficient (Wildman–Crippen LogP) is -0.437. The van der Waals surface area contributed by atoms with E-state index in [4.69, 9.17) is 5.73 Å². The second-order valence-corrected chi connectivity index (χ2v) is 6.68. The van der Waals surface area contributed by atoms with Crippen LogP contribution in [0.4, 0.5) is 0 Å². The minimum atomic E-state index is -3.47. The van der Waals surface area contributed by atoms with Gasteiger partial charge in [-0.2, -0.15) is 4.31 Å². The average molecular weight is 273 g/mol. The Morgan fingerprint density at radius 1 is 1.44 bits per heavy atom. The molecule has 0 spiro atoms. The molecule has 8 heteroatoms. The molecule has 0 aliphatic carbocycles. The van der Waals surface area contributed by atoms with E-state index in [0.717, 1.165) is 12.8 Å². The smallest absolute Gasteiger partial charge is 0.261 e. The highest BCUT2D eigenvalue weighted by molar-refractivity contribution is 7.89. The Labute approximate surface area is 107 Å². The highest BCUT2D eigenvalue weighted by atomic mass is 32.2. The van der Waals surface area contributed by atoms with Gasteiger partial charge in [0.25, 0.3) is 10.0 Å². The summed E-state index contributed by atoms with van der Waals surface area (Å²) in [4.78, 5) is 0. The van der Waals surface area contributed by atoms with E-state index < -0.39 is 10.0 Å². The fraction of sp³-hybridized carbons (Fsp3) is 0.800. The van der Waals surface area contributed by atoms with Crippen molar-refractivity contribution in [1.82, 2.24) is 19.3 Å². The Hall–Kier alpha value is -0.990. The summed E-state index contributed by atoms with van der Waals surface area (Å²) in [6.45, 7) is 3.00. The molecule has 0 radical (unpaired) electrons. The van der Waals surface area contributed by atoms with E-state index in [1.165, 1.54) is 15.2 Å². The maximum atomic E-state index is 12.3. The third-order valence-corrected chi connectivity index (χ3v) is 5.46. The number of piperidine rings is 1. The van der Waals surface area contributed by atoms with Crippen LogP contribution in [0.1, 0.15) is 19.8 Å². The van der Waals surface area contributed by atoms with Gasteiger partial charge in [0, 0.05) is 26.2 Å². The second-order valence-electron chi connectivity index (χ2n) is 4.80. The Morgan fingerprint density at radius 2 is 2.06 bits per heavy atom. The van der Waals surface area contributed by atoms with Crippen LogP contribution in [0, 0.1) is 5.92 Å². The normalized spacial score (nSPS) is 21.1. The average Bonchev–Trinajstić information content (AvgIpc) is 2.76. The maximum absolute atomic E-state index is 12.3. The van der Waals surface area contributed by atoms with E-state index in [0.29, 0.717) is 19.0 Å². The molecule has 1 fully saturated rings. The summed E-state index contributed by atoms with van der Waals surface area (Å²) < 4.78 is 27.5. The second kappa shape index (κ2) is 4.94. The number of hydrogen-bond donors (Lipinski definition) is 1. The van der Waals surface area contributed by atoms with E-state index in [1.807, 2.05) is 6.92 Å². The zero-order valence-electron chi connectivity index (χ0n) is 10.7. The summed E-state index contributed by atoms with van der Waals surface area (Å²) in [5.41, 5.74) is 5.85. The summed E-state index contributed by atoms with van der Waals surface area (Å²) >= 11 is 0. The van der Waals surface area contributed by atoms with Crippen molar-refractivity contribution in [3.63, 3.8) is 0 Å². The van der Waals surface area contributed by atoms with Crippen LogP contribution in [-0.4, -0.2) is 46.8 Å². The molecule has 1 aliphatic heterocycles. The summed E-state index contributed by atoms with van der Waals surface area (Å²) in [6, 6.07) is 0.119. The largest absolute Gasteiger partial charge is 0.328 e. The Balaban J connectivity index is 2.12. The van der Waals surface area contributed by atoms with Crippen LogP contribution in [0.25, 0.3) is 0 Å². The quantitative estimate of drug-likeness (QED) is 0.806. The molecule has 0 amide bonds. The van der Waals surface area contributed by atoms with Gasteiger partial charge in [-0.1, -0.05) is 5.21 Å². The maximum Gasteiger partial charge on any atom is 0.261 e. The summed E-state index contributed by atoms with van der Waals surface area (Å²) in [5.74, 6) is 0.404. The standard InChI is InChI=1S/C10H19N5O2S/c1-8(11)9-3-5-15(6-4-9)18(16,17)10-7-12-13-14(10)2/h7-9H,3-6,11H2,1-2H3. The minimum Gasteiger partial charge on any atom is -0.328 e. The SMILES string of the molecule is CC(N)C1CCN(S(=O)(=O)c2cnnn2C)CC1. The van der Waals surface area contributed by atoms with Crippen molar-refractivity contribution < 1.29 is 8.42 Å². The van der Waals surface area contributed by atoms with Crippen molar-refractivity contribution in [2.24, 2.45) is 18.7 Å². The van der Waals surface area contributed by atoms with Crippen LogP contribution in [0.3, 0.4) is 0 Å². The predicted molar refractivity (Wildman–Crippen MR) is 66.1 cm³/mol. The van der Waals surface area contributed by atoms with Gasteiger partial charge in [-0.15, -0.1) is 5.10 Å². The van der Waals surface area contributed by atoms with Crippen molar-refractivity contribution in [2.75, 3.05) is 13.1 Å². The molecule has 18 heavy (non-hydrogen) atoms. The van der Waals surface area contributed by atoms with Gasteiger partial charge in [-0.05, 0) is 25.7 Å². The van der Waals surface area contributed by atoms with Crippen LogP contribution >= 0.6 is 0 Å². The van der Waals surface area contributed by atoms with E-state index >= 15 is 0 Å². The van der Waals surface area contributed by atoms with Crippen LogP contribution in [0.2, 0.25) is 0 Å². The van der Waals surface area contributed by atoms with Gasteiger partial charge >= 0.3 is 0 Å². The lowest BCUT2D eigenvalue weighted by Gasteiger charge is -2.32. The van der Waals surface area contributed by atoms with Crippen molar-refractivity contribution >= 4 is 10.0 Å². The van der Waals surface area contributed by atoms with Gasteiger partial charge < -0.3 is 5.73 Å². The van der Waals surface area contributed by atoms with Crippen LogP contribution in [0.15, 0.2) is 11.2 Å². The van der Waals surface area contributed by atoms with Gasteiger partial charge in [-0.25, -0.2) is 13.1 Å². The van der Waals surface area contributed by atoms with Gasteiger partial charge in [0.2, 0.25) is 0 Å². The van der Waals surface area contributed by atoms with Gasteiger partial charge in [0.1, 0.15) is 0 Å². The highest BCUT2D eigenvalue weighted by Gasteiger charge is 2.32. The number of rotatable bonds is 3. The summed E-state index contributed by atoms with van der Waals surface area (Å²) in [5, 5.41) is 7.42. The van der Waals surface area contributed by atoms with Crippen LogP contribution in [0.5, 0.6) is 0 Å². The van der Waals surface area contributed by atoms with Crippen molar-refractivity contribution in [3.8, 4) is 0 Å². The molecule has 102 valence electrons. The lowest BCUT2D eigenvalue weighted by Crippen LogP contribution is -2.42. The molecule has 2 N–H and O–H groups in total. The Kier molecular flexibility index (Phi) is 3.69. The number of hydrogen-bond acceptors (Lipinski definition) is 5. The van der Waals surface area contributed by atoms with Gasteiger partial charge in [0.05, 0.1) is 6.20 Å². The number of aryl methyl sites for hydroxylation is 1. The van der Waals surface area contributed by atoms with Gasteiger partial charge in [-0.3, -0.25) is 0 Å². The molecular formula is C10H19N5O2S. The van der Waals surface area contributed by atoms with E-state index in [-0.39, 0.29) is 11.1 Å². The number of aromatic nitrogens is 3. The lowest BCUT2D eigenvalue weighted by atomic mass is 9.92. The molecule has 7 nitrogen and oxygen atoms in total. The molecule has 2 heterocycles. The molecule has 1 unspecified atom stereocenters. The van der Waals surface area contributed by atoms with E-state index in [1.54, 1.807) is 7.05 Å². The fourth-order valence-electron chi connectivity index (χ4n) is 2.29. The third kappa shape index (κ3) is 2.40. The third-order valence-electron chi connectivity index (χ3n) is 3.52. The Bertz CT molecular complexity index is 502.